The highest BCUT2D eigenvalue weighted by Gasteiger charge is 2.17. The molecule has 3 heterocycles. The molecule has 0 aliphatic carbocycles. The molecule has 0 aromatic carbocycles. The molecule has 1 saturated heterocycles. The van der Waals surface area contributed by atoms with Crippen LogP contribution in [0.15, 0.2) is 22.8 Å². The summed E-state index contributed by atoms with van der Waals surface area (Å²) >= 11 is 0. The molecule has 0 saturated carbocycles. The van der Waals surface area contributed by atoms with E-state index in [1.165, 1.54) is 19.3 Å². The van der Waals surface area contributed by atoms with Crippen LogP contribution >= 0.6 is 0 Å². The van der Waals surface area contributed by atoms with Crippen molar-refractivity contribution in [2.75, 3.05) is 35.7 Å². The molecular weight excluding hydrogens is 268 g/mol. The predicted molar refractivity (Wildman–Crippen MR) is 81.1 cm³/mol. The Morgan fingerprint density at radius 2 is 2.05 bits per heavy atom. The monoisotopic (exact) mass is 288 g/mol. The van der Waals surface area contributed by atoms with Gasteiger partial charge in [0, 0.05) is 20.1 Å². The Balaban J connectivity index is 1.79. The fourth-order valence-corrected chi connectivity index (χ4v) is 2.48. The van der Waals surface area contributed by atoms with Gasteiger partial charge in [-0.1, -0.05) is 0 Å². The van der Waals surface area contributed by atoms with Crippen molar-refractivity contribution in [3.63, 3.8) is 0 Å². The van der Waals surface area contributed by atoms with Crippen LogP contribution in [0.25, 0.3) is 0 Å². The van der Waals surface area contributed by atoms with Crippen LogP contribution in [-0.2, 0) is 6.54 Å². The number of hydrogen-bond donors (Lipinski definition) is 1. The first-order chi connectivity index (χ1) is 10.2. The van der Waals surface area contributed by atoms with E-state index in [0.29, 0.717) is 18.4 Å². The Morgan fingerprint density at radius 1 is 1.24 bits per heavy atom. The van der Waals surface area contributed by atoms with Gasteiger partial charge in [-0.05, 0) is 31.4 Å². The van der Waals surface area contributed by atoms with Crippen molar-refractivity contribution in [2.24, 2.45) is 0 Å². The fourth-order valence-electron chi connectivity index (χ4n) is 2.48. The summed E-state index contributed by atoms with van der Waals surface area (Å²) in [6.07, 6.45) is 5.26. The lowest BCUT2D eigenvalue weighted by Gasteiger charge is -2.27. The van der Waals surface area contributed by atoms with Crippen molar-refractivity contribution in [1.29, 1.82) is 0 Å². The molecule has 7 heteroatoms. The maximum absolute atomic E-state index is 5.84. The Morgan fingerprint density at radius 3 is 2.76 bits per heavy atom. The van der Waals surface area contributed by atoms with Gasteiger partial charge in [-0.3, -0.25) is 0 Å². The van der Waals surface area contributed by atoms with Gasteiger partial charge < -0.3 is 20.0 Å². The van der Waals surface area contributed by atoms with Gasteiger partial charge in [0.05, 0.1) is 12.8 Å². The Labute approximate surface area is 123 Å². The number of nitrogen functional groups attached to an aromatic ring is 1. The molecule has 2 N–H and O–H groups in total. The van der Waals surface area contributed by atoms with E-state index in [-0.39, 0.29) is 5.95 Å². The van der Waals surface area contributed by atoms with Crippen LogP contribution in [-0.4, -0.2) is 35.1 Å². The van der Waals surface area contributed by atoms with Crippen LogP contribution in [0.5, 0.6) is 0 Å². The third-order valence-electron chi connectivity index (χ3n) is 3.58. The third kappa shape index (κ3) is 3.24. The number of hydrogen-bond acceptors (Lipinski definition) is 7. The summed E-state index contributed by atoms with van der Waals surface area (Å²) in [5.41, 5.74) is 5.84. The van der Waals surface area contributed by atoms with Crippen molar-refractivity contribution in [1.82, 2.24) is 15.0 Å². The minimum Gasteiger partial charge on any atom is -0.467 e. The van der Waals surface area contributed by atoms with Gasteiger partial charge >= 0.3 is 0 Å². The number of nitrogens with zero attached hydrogens (tertiary/aromatic N) is 5. The van der Waals surface area contributed by atoms with E-state index in [2.05, 4.69) is 19.9 Å². The smallest absolute Gasteiger partial charge is 0.232 e. The van der Waals surface area contributed by atoms with Crippen molar-refractivity contribution in [3.05, 3.63) is 24.2 Å². The maximum atomic E-state index is 5.84. The number of rotatable bonds is 4. The molecule has 1 fully saturated rings. The number of piperidine rings is 1. The van der Waals surface area contributed by atoms with E-state index < -0.39 is 0 Å². The Hall–Kier alpha value is -2.31. The molecular formula is C14H20N6O. The molecule has 7 nitrogen and oxygen atoms in total. The second-order valence-corrected chi connectivity index (χ2v) is 5.28. The third-order valence-corrected chi connectivity index (χ3v) is 3.58. The summed E-state index contributed by atoms with van der Waals surface area (Å²) in [4.78, 5) is 17.1. The average Bonchev–Trinajstić information content (AvgIpc) is 3.00. The summed E-state index contributed by atoms with van der Waals surface area (Å²) in [6, 6.07) is 3.79. The molecule has 3 rings (SSSR count). The molecule has 0 amide bonds. The van der Waals surface area contributed by atoms with Gasteiger partial charge in [-0.2, -0.15) is 15.0 Å². The molecule has 2 aromatic rings. The molecule has 0 radical (unpaired) electrons. The van der Waals surface area contributed by atoms with E-state index in [9.17, 15) is 0 Å². The largest absolute Gasteiger partial charge is 0.467 e. The highest BCUT2D eigenvalue weighted by atomic mass is 16.3. The van der Waals surface area contributed by atoms with Crippen LogP contribution < -0.4 is 15.5 Å². The van der Waals surface area contributed by atoms with Crippen LogP contribution in [0.4, 0.5) is 17.8 Å². The number of furan rings is 1. The molecule has 1 aliphatic rings. The standard InChI is InChI=1S/C14H20N6O/c1-19(10-11-6-5-9-21-11)13-16-12(15)17-14(18-13)20-7-3-2-4-8-20/h5-6,9H,2-4,7-8,10H2,1H3,(H2,15,16,17,18). The highest BCUT2D eigenvalue weighted by Crippen LogP contribution is 2.19. The zero-order valence-electron chi connectivity index (χ0n) is 12.2. The quantitative estimate of drug-likeness (QED) is 0.916. The van der Waals surface area contributed by atoms with E-state index in [0.717, 1.165) is 18.8 Å². The zero-order chi connectivity index (χ0) is 14.7. The van der Waals surface area contributed by atoms with E-state index in [1.807, 2.05) is 24.1 Å². The van der Waals surface area contributed by atoms with Gasteiger partial charge in [0.15, 0.2) is 0 Å². The lowest BCUT2D eigenvalue weighted by molar-refractivity contribution is 0.506. The zero-order valence-corrected chi connectivity index (χ0v) is 12.2. The Bertz CT molecular complexity index is 579. The first-order valence-electron chi connectivity index (χ1n) is 7.22. The second-order valence-electron chi connectivity index (χ2n) is 5.28. The highest BCUT2D eigenvalue weighted by molar-refractivity contribution is 5.43. The van der Waals surface area contributed by atoms with Crippen molar-refractivity contribution < 1.29 is 4.42 Å². The van der Waals surface area contributed by atoms with Gasteiger partial charge in [-0.25, -0.2) is 0 Å². The number of nitrogens with two attached hydrogens (primary N) is 1. The molecule has 0 atom stereocenters. The first-order valence-corrected chi connectivity index (χ1v) is 7.22. The van der Waals surface area contributed by atoms with E-state index in [1.54, 1.807) is 6.26 Å². The predicted octanol–water partition coefficient (Wildman–Crippen LogP) is 1.67. The molecule has 0 bridgehead atoms. The van der Waals surface area contributed by atoms with Gasteiger partial charge in [-0.15, -0.1) is 0 Å². The molecule has 0 unspecified atom stereocenters. The van der Waals surface area contributed by atoms with Crippen molar-refractivity contribution in [2.45, 2.75) is 25.8 Å². The van der Waals surface area contributed by atoms with Crippen molar-refractivity contribution in [3.8, 4) is 0 Å². The molecule has 1 aliphatic heterocycles. The van der Waals surface area contributed by atoms with Crippen LogP contribution in [0.1, 0.15) is 25.0 Å². The topological polar surface area (TPSA) is 84.3 Å². The summed E-state index contributed by atoms with van der Waals surface area (Å²) in [6.45, 7) is 2.55. The molecule has 21 heavy (non-hydrogen) atoms. The first kappa shape index (κ1) is 13.7. The number of aromatic nitrogens is 3. The minimum atomic E-state index is 0.256. The van der Waals surface area contributed by atoms with Crippen LogP contribution in [0.3, 0.4) is 0 Å². The maximum Gasteiger partial charge on any atom is 0.232 e. The summed E-state index contributed by atoms with van der Waals surface area (Å²) in [5.74, 6) is 2.35. The average molecular weight is 288 g/mol. The van der Waals surface area contributed by atoms with E-state index in [4.69, 9.17) is 10.2 Å². The lowest BCUT2D eigenvalue weighted by atomic mass is 10.1. The molecule has 0 spiro atoms. The van der Waals surface area contributed by atoms with Crippen molar-refractivity contribution >= 4 is 17.8 Å². The SMILES string of the molecule is CN(Cc1ccco1)c1nc(N)nc(N2CCCCC2)n1. The molecule has 112 valence electrons. The second kappa shape index (κ2) is 5.99. The van der Waals surface area contributed by atoms with Crippen LogP contribution in [0.2, 0.25) is 0 Å². The summed E-state index contributed by atoms with van der Waals surface area (Å²) < 4.78 is 5.35. The summed E-state index contributed by atoms with van der Waals surface area (Å²) in [5, 5.41) is 0. The molecule has 2 aromatic heterocycles. The fraction of sp³-hybridized carbons (Fsp3) is 0.500. The lowest BCUT2D eigenvalue weighted by Crippen LogP contribution is -2.32. The Kier molecular flexibility index (Phi) is 3.89. The van der Waals surface area contributed by atoms with Gasteiger partial charge in [0.1, 0.15) is 5.76 Å². The van der Waals surface area contributed by atoms with Gasteiger partial charge in [0.2, 0.25) is 17.8 Å². The minimum absolute atomic E-state index is 0.256. The normalized spacial score (nSPS) is 15.2. The van der Waals surface area contributed by atoms with Gasteiger partial charge in [0.25, 0.3) is 0 Å². The summed E-state index contributed by atoms with van der Waals surface area (Å²) in [7, 11) is 1.91. The number of anilines is 3. The van der Waals surface area contributed by atoms with E-state index >= 15 is 0 Å². The van der Waals surface area contributed by atoms with Crippen LogP contribution in [0, 0.1) is 0 Å².